The summed E-state index contributed by atoms with van der Waals surface area (Å²) >= 11 is 0. The Hall–Kier alpha value is -4.00. The molecule has 4 aromatic carbocycles. The average Bonchev–Trinajstić information content (AvgIpc) is 3.85. The molecule has 6 heteroatoms. The third-order valence-electron chi connectivity index (χ3n) is 7.49. The van der Waals surface area contributed by atoms with Crippen LogP contribution in [0.15, 0.2) is 84.9 Å². The van der Waals surface area contributed by atoms with Crippen LogP contribution in [0.2, 0.25) is 0 Å². The van der Waals surface area contributed by atoms with Crippen molar-refractivity contribution in [3.8, 4) is 22.6 Å². The molecule has 6 nitrogen and oxygen atoms in total. The highest BCUT2D eigenvalue weighted by molar-refractivity contribution is 5.87. The molecular formula is C31H28N2O4. The lowest BCUT2D eigenvalue weighted by Crippen LogP contribution is -2.29. The monoisotopic (exact) mass is 492 g/mol. The molecule has 2 saturated heterocycles. The van der Waals surface area contributed by atoms with Gasteiger partial charge >= 0.3 is 0 Å². The van der Waals surface area contributed by atoms with E-state index in [1.54, 1.807) is 0 Å². The number of nitrogen functional groups attached to an aromatic ring is 2. The van der Waals surface area contributed by atoms with Gasteiger partial charge < -0.3 is 30.4 Å². The molecule has 2 heterocycles. The number of epoxide rings is 2. The minimum atomic E-state index is -0.605. The number of hydrogen-bond acceptors (Lipinski definition) is 6. The third kappa shape index (κ3) is 3.72. The van der Waals surface area contributed by atoms with Crippen molar-refractivity contribution in [2.24, 2.45) is 0 Å². The highest BCUT2D eigenvalue weighted by Gasteiger charge is 2.46. The highest BCUT2D eigenvalue weighted by atomic mass is 16.6. The molecular weight excluding hydrogens is 464 g/mol. The zero-order valence-corrected chi connectivity index (χ0v) is 20.4. The molecule has 37 heavy (non-hydrogen) atoms. The maximum absolute atomic E-state index is 6.58. The molecule has 0 radical (unpaired) electrons. The maximum Gasteiger partial charge on any atom is 0.142 e. The van der Waals surface area contributed by atoms with Gasteiger partial charge in [-0.25, -0.2) is 0 Å². The Morgan fingerprint density at radius 3 is 1.49 bits per heavy atom. The molecule has 0 saturated carbocycles. The lowest BCUT2D eigenvalue weighted by Gasteiger charge is -2.34. The van der Waals surface area contributed by atoms with E-state index in [-0.39, 0.29) is 12.2 Å². The number of nitrogens with two attached hydrogens (primary N) is 2. The second kappa shape index (κ2) is 8.54. The first-order chi connectivity index (χ1) is 18.1. The average molecular weight is 493 g/mol. The second-order valence-electron chi connectivity index (χ2n) is 9.88. The van der Waals surface area contributed by atoms with E-state index in [1.807, 2.05) is 24.3 Å². The Morgan fingerprint density at radius 2 is 1.08 bits per heavy atom. The Bertz CT molecular complexity index is 1380. The van der Waals surface area contributed by atoms with Gasteiger partial charge in [-0.3, -0.25) is 0 Å². The first kappa shape index (κ1) is 22.2. The first-order valence-electron chi connectivity index (χ1n) is 12.6. The van der Waals surface area contributed by atoms with Crippen molar-refractivity contribution >= 4 is 11.4 Å². The van der Waals surface area contributed by atoms with Gasteiger partial charge in [0.05, 0.1) is 30.0 Å². The van der Waals surface area contributed by atoms with Gasteiger partial charge in [-0.1, -0.05) is 60.7 Å². The number of anilines is 2. The molecule has 1 aliphatic carbocycles. The summed E-state index contributed by atoms with van der Waals surface area (Å²) in [4.78, 5) is 0. The van der Waals surface area contributed by atoms with E-state index >= 15 is 0 Å². The third-order valence-corrected chi connectivity index (χ3v) is 7.49. The van der Waals surface area contributed by atoms with Crippen molar-refractivity contribution in [3.63, 3.8) is 0 Å². The molecule has 7 rings (SSSR count). The van der Waals surface area contributed by atoms with Crippen molar-refractivity contribution in [2.75, 3.05) is 37.9 Å². The molecule has 4 aromatic rings. The summed E-state index contributed by atoms with van der Waals surface area (Å²) in [5, 5.41) is 0. The predicted molar refractivity (Wildman–Crippen MR) is 143 cm³/mol. The normalized spacial score (nSPS) is 20.1. The molecule has 0 spiro atoms. The molecule has 2 fully saturated rings. The van der Waals surface area contributed by atoms with E-state index in [1.165, 1.54) is 22.3 Å². The quantitative estimate of drug-likeness (QED) is 0.239. The minimum absolute atomic E-state index is 0.161. The van der Waals surface area contributed by atoms with Crippen molar-refractivity contribution < 1.29 is 18.9 Å². The van der Waals surface area contributed by atoms with E-state index in [0.717, 1.165) is 24.3 Å². The summed E-state index contributed by atoms with van der Waals surface area (Å²) in [5.74, 6) is 1.33. The molecule has 3 aliphatic rings. The number of benzene rings is 4. The van der Waals surface area contributed by atoms with E-state index in [9.17, 15) is 0 Å². The standard InChI is InChI=1S/C31H28N2O4/c32-27-13-19(9-11-29(27)36-17-21-15-34-21)31(20-10-12-30(28(33)14-20)37-18-22-16-35-22)25-7-3-1-5-23(25)24-6-2-4-8-26(24)31/h1-14,21-22H,15-18,32-33H2. The Morgan fingerprint density at radius 1 is 0.649 bits per heavy atom. The molecule has 2 unspecified atom stereocenters. The fraction of sp³-hybridized carbons (Fsp3) is 0.226. The van der Waals surface area contributed by atoms with Crippen molar-refractivity contribution in [2.45, 2.75) is 17.6 Å². The molecule has 2 atom stereocenters. The van der Waals surface area contributed by atoms with Crippen LogP contribution in [-0.4, -0.2) is 38.6 Å². The molecule has 0 amide bonds. The van der Waals surface area contributed by atoms with Gasteiger partial charge in [-0.15, -0.1) is 0 Å². The van der Waals surface area contributed by atoms with Crippen LogP contribution in [0.25, 0.3) is 11.1 Å². The summed E-state index contributed by atoms with van der Waals surface area (Å²) in [6.07, 6.45) is 0.323. The first-order valence-corrected chi connectivity index (χ1v) is 12.6. The van der Waals surface area contributed by atoms with Crippen LogP contribution in [0, 0.1) is 0 Å². The number of fused-ring (bicyclic) bond motifs is 3. The van der Waals surface area contributed by atoms with Crippen LogP contribution >= 0.6 is 0 Å². The van der Waals surface area contributed by atoms with E-state index < -0.39 is 5.41 Å². The smallest absolute Gasteiger partial charge is 0.142 e. The second-order valence-corrected chi connectivity index (χ2v) is 9.88. The number of ether oxygens (including phenoxy) is 4. The summed E-state index contributed by atoms with van der Waals surface area (Å²) in [6, 6.07) is 29.3. The molecule has 4 N–H and O–H groups in total. The van der Waals surface area contributed by atoms with Crippen LogP contribution < -0.4 is 20.9 Å². The lowest BCUT2D eigenvalue weighted by molar-refractivity contribution is 0.264. The van der Waals surface area contributed by atoms with Crippen molar-refractivity contribution in [1.29, 1.82) is 0 Å². The van der Waals surface area contributed by atoms with E-state index in [0.29, 0.717) is 36.1 Å². The molecule has 0 bridgehead atoms. The summed E-state index contributed by atoms with van der Waals surface area (Å²) in [6.45, 7) is 2.49. The van der Waals surface area contributed by atoms with Crippen LogP contribution in [-0.2, 0) is 14.9 Å². The van der Waals surface area contributed by atoms with Gasteiger partial charge in [0.2, 0.25) is 0 Å². The largest absolute Gasteiger partial charge is 0.489 e. The van der Waals surface area contributed by atoms with E-state index in [2.05, 4.69) is 60.7 Å². The van der Waals surface area contributed by atoms with Crippen LogP contribution in [0.3, 0.4) is 0 Å². The van der Waals surface area contributed by atoms with Gasteiger partial charge in [0.15, 0.2) is 0 Å². The van der Waals surface area contributed by atoms with Crippen molar-refractivity contribution in [1.82, 2.24) is 0 Å². The maximum atomic E-state index is 6.58. The minimum Gasteiger partial charge on any atom is -0.489 e. The summed E-state index contributed by atoms with van der Waals surface area (Å²) < 4.78 is 22.5. The van der Waals surface area contributed by atoms with Crippen LogP contribution in [0.1, 0.15) is 22.3 Å². The fourth-order valence-corrected chi connectivity index (χ4v) is 5.54. The van der Waals surface area contributed by atoms with Gasteiger partial charge in [-0.2, -0.15) is 0 Å². The predicted octanol–water partition coefficient (Wildman–Crippen LogP) is 4.77. The SMILES string of the molecule is Nc1cc(C2(c3ccc(OCC4CO4)c(N)c3)c3ccccc3-c3ccccc32)ccc1OCC1CO1. The molecule has 186 valence electrons. The molecule has 2 aliphatic heterocycles. The Balaban J connectivity index is 1.40. The molecule has 0 aromatic heterocycles. The van der Waals surface area contributed by atoms with Gasteiger partial charge in [-0.05, 0) is 57.6 Å². The highest BCUT2D eigenvalue weighted by Crippen LogP contribution is 2.57. The Kier molecular flexibility index (Phi) is 5.13. The fourth-order valence-electron chi connectivity index (χ4n) is 5.54. The van der Waals surface area contributed by atoms with Gasteiger partial charge in [0, 0.05) is 0 Å². The number of hydrogen-bond donors (Lipinski definition) is 2. The summed E-state index contributed by atoms with van der Waals surface area (Å²) in [5.41, 5.74) is 20.6. The summed E-state index contributed by atoms with van der Waals surface area (Å²) in [7, 11) is 0. The zero-order chi connectivity index (χ0) is 25.0. The van der Waals surface area contributed by atoms with Crippen LogP contribution in [0.5, 0.6) is 11.5 Å². The topological polar surface area (TPSA) is 95.6 Å². The van der Waals surface area contributed by atoms with Crippen LogP contribution in [0.4, 0.5) is 11.4 Å². The number of rotatable bonds is 8. The van der Waals surface area contributed by atoms with Gasteiger partial charge in [0.25, 0.3) is 0 Å². The Labute approximate surface area is 215 Å². The van der Waals surface area contributed by atoms with Crippen molar-refractivity contribution in [3.05, 3.63) is 107 Å². The van der Waals surface area contributed by atoms with Gasteiger partial charge in [0.1, 0.15) is 36.9 Å². The lowest BCUT2D eigenvalue weighted by atomic mass is 9.67. The zero-order valence-electron chi connectivity index (χ0n) is 20.4. The van der Waals surface area contributed by atoms with E-state index in [4.69, 9.17) is 30.4 Å².